The van der Waals surface area contributed by atoms with Gasteiger partial charge in [0.2, 0.25) is 0 Å². The van der Waals surface area contributed by atoms with Crippen molar-refractivity contribution in [1.29, 1.82) is 0 Å². The highest BCUT2D eigenvalue weighted by molar-refractivity contribution is 5.23. The van der Waals surface area contributed by atoms with E-state index in [1.54, 1.807) is 0 Å². The molecule has 0 aromatic heterocycles. The largest absolute Gasteiger partial charge is 0.204 e. The van der Waals surface area contributed by atoms with Gasteiger partial charge in [-0.1, -0.05) is 45.4 Å². The fourth-order valence-electron chi connectivity index (χ4n) is 5.18. The van der Waals surface area contributed by atoms with Crippen LogP contribution in [0.15, 0.2) is 12.1 Å². The number of hydrogen-bond acceptors (Lipinski definition) is 0. The zero-order valence-electron chi connectivity index (χ0n) is 15.4. The van der Waals surface area contributed by atoms with E-state index in [2.05, 4.69) is 6.92 Å². The van der Waals surface area contributed by atoms with Gasteiger partial charge in [-0.3, -0.25) is 0 Å². The first-order valence-corrected chi connectivity index (χ1v) is 10.2. The molecule has 0 amide bonds. The lowest BCUT2D eigenvalue weighted by Crippen LogP contribution is -2.15. The molecule has 0 radical (unpaired) electrons. The summed E-state index contributed by atoms with van der Waals surface area (Å²) >= 11 is 0. The van der Waals surface area contributed by atoms with E-state index in [0.717, 1.165) is 43.4 Å². The molecule has 25 heavy (non-hydrogen) atoms. The van der Waals surface area contributed by atoms with Crippen molar-refractivity contribution in [3.8, 4) is 0 Å². The van der Waals surface area contributed by atoms with Gasteiger partial charge in [0.1, 0.15) is 0 Å². The van der Waals surface area contributed by atoms with Crippen molar-refractivity contribution in [2.75, 3.05) is 0 Å². The van der Waals surface area contributed by atoms with Crippen molar-refractivity contribution in [1.82, 2.24) is 0 Å². The third-order valence-electron chi connectivity index (χ3n) is 6.65. The molecule has 2 atom stereocenters. The van der Waals surface area contributed by atoms with E-state index in [1.165, 1.54) is 57.1 Å². The highest BCUT2D eigenvalue weighted by Crippen LogP contribution is 2.41. The van der Waals surface area contributed by atoms with Crippen molar-refractivity contribution in [3.05, 3.63) is 35.1 Å². The van der Waals surface area contributed by atoms with Gasteiger partial charge in [-0.2, -0.15) is 0 Å². The number of hydrogen-bond donors (Lipinski definition) is 0. The van der Waals surface area contributed by atoms with Crippen molar-refractivity contribution >= 4 is 0 Å². The molecule has 140 valence electrons. The van der Waals surface area contributed by atoms with Crippen LogP contribution in [-0.2, 0) is 0 Å². The van der Waals surface area contributed by atoms with Crippen LogP contribution in [0.25, 0.3) is 0 Å². The summed E-state index contributed by atoms with van der Waals surface area (Å²) in [5.74, 6) is -0.628. The predicted molar refractivity (Wildman–Crippen MR) is 96.0 cm³/mol. The maximum Gasteiger partial charge on any atom is 0.194 e. The summed E-state index contributed by atoms with van der Waals surface area (Å²) in [6, 6.07) is 2.38. The minimum atomic E-state index is -1.35. The van der Waals surface area contributed by atoms with E-state index in [4.69, 9.17) is 0 Å². The molecule has 3 heteroatoms. The Labute approximate surface area is 150 Å². The van der Waals surface area contributed by atoms with Crippen LogP contribution in [0.1, 0.15) is 89.0 Å². The highest BCUT2D eigenvalue weighted by Gasteiger charge is 2.27. The van der Waals surface area contributed by atoms with Crippen LogP contribution in [-0.4, -0.2) is 0 Å². The molecule has 0 bridgehead atoms. The van der Waals surface area contributed by atoms with Crippen molar-refractivity contribution in [2.24, 2.45) is 17.8 Å². The van der Waals surface area contributed by atoms with Crippen LogP contribution in [0.5, 0.6) is 0 Å². The SMILES string of the molecule is CCCC1CCC(CCC2CCC(c3cc(F)c(F)c(F)c3)CC2)C1. The van der Waals surface area contributed by atoms with Crippen LogP contribution >= 0.6 is 0 Å². The standard InChI is InChI=1S/C22H31F3/c1-2-3-16-6-7-17(12-16)5-4-15-8-10-18(11-9-15)19-13-20(23)22(25)21(24)14-19/h13-18H,2-12H2,1H3. The maximum absolute atomic E-state index is 13.4. The van der Waals surface area contributed by atoms with Gasteiger partial charge >= 0.3 is 0 Å². The first-order chi connectivity index (χ1) is 12.1. The van der Waals surface area contributed by atoms with Crippen LogP contribution in [0.4, 0.5) is 13.2 Å². The minimum Gasteiger partial charge on any atom is -0.204 e. The van der Waals surface area contributed by atoms with Gasteiger partial charge in [0.25, 0.3) is 0 Å². The van der Waals surface area contributed by atoms with Crippen molar-refractivity contribution in [2.45, 2.75) is 83.5 Å². The summed E-state index contributed by atoms with van der Waals surface area (Å²) < 4.78 is 40.0. The Bertz CT molecular complexity index is 537. The average Bonchev–Trinajstić information content (AvgIpc) is 3.06. The smallest absolute Gasteiger partial charge is 0.194 e. The second kappa shape index (κ2) is 8.60. The van der Waals surface area contributed by atoms with Gasteiger partial charge in [-0.15, -0.1) is 0 Å². The van der Waals surface area contributed by atoms with Crippen molar-refractivity contribution < 1.29 is 13.2 Å². The summed E-state index contributed by atoms with van der Waals surface area (Å²) in [6.45, 7) is 2.28. The summed E-state index contributed by atoms with van der Waals surface area (Å²) in [4.78, 5) is 0. The van der Waals surface area contributed by atoms with Crippen LogP contribution in [0.3, 0.4) is 0 Å². The number of rotatable bonds is 6. The molecular weight excluding hydrogens is 321 g/mol. The molecule has 0 spiro atoms. The molecule has 2 aliphatic carbocycles. The van der Waals surface area contributed by atoms with Crippen LogP contribution in [0.2, 0.25) is 0 Å². The summed E-state index contributed by atoms with van der Waals surface area (Å²) in [5.41, 5.74) is 0.632. The Balaban J connectivity index is 1.43. The van der Waals surface area contributed by atoms with Crippen molar-refractivity contribution in [3.63, 3.8) is 0 Å². The summed E-state index contributed by atoms with van der Waals surface area (Å²) in [6.07, 6.45) is 13.8. The Morgan fingerprint density at radius 1 is 0.760 bits per heavy atom. The third-order valence-corrected chi connectivity index (χ3v) is 6.65. The van der Waals surface area contributed by atoms with Gasteiger partial charge in [-0.05, 0) is 73.5 Å². The molecule has 0 saturated heterocycles. The zero-order chi connectivity index (χ0) is 17.8. The molecule has 2 aliphatic rings. The van der Waals surface area contributed by atoms with E-state index in [1.807, 2.05) is 0 Å². The predicted octanol–water partition coefficient (Wildman–Crippen LogP) is 7.37. The van der Waals surface area contributed by atoms with Crippen LogP contribution < -0.4 is 0 Å². The Morgan fingerprint density at radius 3 is 1.88 bits per heavy atom. The number of benzene rings is 1. The quantitative estimate of drug-likeness (QED) is 0.469. The average molecular weight is 352 g/mol. The lowest BCUT2D eigenvalue weighted by molar-refractivity contribution is 0.284. The van der Waals surface area contributed by atoms with Gasteiger partial charge in [0.15, 0.2) is 17.5 Å². The normalized spacial score (nSPS) is 29.9. The highest BCUT2D eigenvalue weighted by atomic mass is 19.2. The lowest BCUT2D eigenvalue weighted by Gasteiger charge is -2.29. The topological polar surface area (TPSA) is 0 Å². The Kier molecular flexibility index (Phi) is 6.46. The Hall–Kier alpha value is -0.990. The number of halogens is 3. The summed E-state index contributed by atoms with van der Waals surface area (Å²) in [5, 5.41) is 0. The van der Waals surface area contributed by atoms with E-state index in [-0.39, 0.29) is 5.92 Å². The van der Waals surface area contributed by atoms with E-state index in [9.17, 15) is 13.2 Å². The monoisotopic (exact) mass is 352 g/mol. The van der Waals surface area contributed by atoms with Gasteiger partial charge in [-0.25, -0.2) is 13.2 Å². The minimum absolute atomic E-state index is 0.182. The molecule has 0 nitrogen and oxygen atoms in total. The molecule has 0 N–H and O–H groups in total. The molecule has 3 rings (SSSR count). The summed E-state index contributed by atoms with van der Waals surface area (Å²) in [7, 11) is 0. The van der Waals surface area contributed by atoms with E-state index in [0.29, 0.717) is 5.56 Å². The van der Waals surface area contributed by atoms with Gasteiger partial charge in [0, 0.05) is 0 Å². The van der Waals surface area contributed by atoms with E-state index < -0.39 is 17.5 Å². The molecule has 1 aromatic rings. The molecule has 1 aromatic carbocycles. The zero-order valence-corrected chi connectivity index (χ0v) is 15.4. The second-order valence-electron chi connectivity index (χ2n) is 8.43. The maximum atomic E-state index is 13.4. The third kappa shape index (κ3) is 4.80. The Morgan fingerprint density at radius 2 is 1.28 bits per heavy atom. The first-order valence-electron chi connectivity index (χ1n) is 10.2. The first kappa shape index (κ1) is 18.8. The van der Waals surface area contributed by atoms with Gasteiger partial charge in [0.05, 0.1) is 0 Å². The molecule has 2 fully saturated rings. The van der Waals surface area contributed by atoms with E-state index >= 15 is 0 Å². The molecule has 2 saturated carbocycles. The molecule has 2 unspecified atom stereocenters. The molecule has 0 aliphatic heterocycles. The lowest BCUT2D eigenvalue weighted by atomic mass is 9.76. The molecule has 0 heterocycles. The fraction of sp³-hybridized carbons (Fsp3) is 0.727. The fourth-order valence-corrected chi connectivity index (χ4v) is 5.18. The molecular formula is C22H31F3. The van der Waals surface area contributed by atoms with Gasteiger partial charge < -0.3 is 0 Å². The second-order valence-corrected chi connectivity index (χ2v) is 8.43. The van der Waals surface area contributed by atoms with Crippen LogP contribution in [0, 0.1) is 35.2 Å².